The number of aliphatic imine (C=N–C) groups is 1. The van der Waals surface area contributed by atoms with Gasteiger partial charge in [0.2, 0.25) is 5.91 Å². The summed E-state index contributed by atoms with van der Waals surface area (Å²) >= 11 is 0. The highest BCUT2D eigenvalue weighted by Gasteiger charge is 2.22. The van der Waals surface area contributed by atoms with Crippen LogP contribution in [0.25, 0.3) is 10.9 Å². The number of nitrogens with one attached hydrogen (secondary N) is 3. The molecule has 0 spiro atoms. The molecule has 46 heavy (non-hydrogen) atoms. The maximum absolute atomic E-state index is 12.7. The quantitative estimate of drug-likeness (QED) is 0.0910. The zero-order valence-electron chi connectivity index (χ0n) is 25.9. The van der Waals surface area contributed by atoms with E-state index in [1.165, 1.54) is 6.07 Å². The van der Waals surface area contributed by atoms with Crippen LogP contribution in [0.3, 0.4) is 0 Å². The van der Waals surface area contributed by atoms with Crippen LogP contribution in [0.2, 0.25) is 0 Å². The summed E-state index contributed by atoms with van der Waals surface area (Å²) in [5.41, 5.74) is 6.45. The number of aryl methyl sites for hydroxylation is 1. The Kier molecular flexibility index (Phi) is 10.4. The third kappa shape index (κ3) is 7.60. The summed E-state index contributed by atoms with van der Waals surface area (Å²) < 4.78 is 0. The molecule has 12 heteroatoms. The molecule has 0 radical (unpaired) electrons. The lowest BCUT2D eigenvalue weighted by Crippen LogP contribution is -2.50. The van der Waals surface area contributed by atoms with Crippen LogP contribution >= 0.6 is 0 Å². The Morgan fingerprint density at radius 1 is 0.957 bits per heavy atom. The smallest absolute Gasteiger partial charge is 0.336 e. The van der Waals surface area contributed by atoms with E-state index < -0.39 is 5.97 Å². The number of benzene rings is 3. The minimum absolute atomic E-state index is 0.00710. The van der Waals surface area contributed by atoms with Gasteiger partial charge < -0.3 is 20.5 Å². The predicted octanol–water partition coefficient (Wildman–Crippen LogP) is 3.33. The molecule has 0 atom stereocenters. The van der Waals surface area contributed by atoms with Crippen LogP contribution in [-0.2, 0) is 16.1 Å². The van der Waals surface area contributed by atoms with E-state index >= 15 is 0 Å². The lowest BCUT2D eigenvalue weighted by Gasteiger charge is -2.33. The van der Waals surface area contributed by atoms with E-state index in [1.807, 2.05) is 37.3 Å². The Hall–Kier alpha value is -5.04. The van der Waals surface area contributed by atoms with E-state index in [4.69, 9.17) is 9.83 Å². The second kappa shape index (κ2) is 14.8. The van der Waals surface area contributed by atoms with Gasteiger partial charge in [-0.1, -0.05) is 37.3 Å². The Morgan fingerprint density at radius 3 is 2.30 bits per heavy atom. The predicted molar refractivity (Wildman–Crippen MR) is 175 cm³/mol. The van der Waals surface area contributed by atoms with Crippen LogP contribution in [0.5, 0.6) is 5.88 Å². The lowest BCUT2D eigenvalue weighted by molar-refractivity contribution is -0.122. The first-order valence-electron chi connectivity index (χ1n) is 15.2. The van der Waals surface area contributed by atoms with E-state index in [1.54, 1.807) is 37.4 Å². The number of hydrogen-bond donors (Lipinski definition) is 5. The number of carbonyl (C=O) groups is 3. The number of likely N-dealkylation sites (N-methyl/N-ethyl adjacent to an activating group) is 1. The molecule has 1 fully saturated rings. The van der Waals surface area contributed by atoms with E-state index in [2.05, 4.69) is 25.6 Å². The summed E-state index contributed by atoms with van der Waals surface area (Å²) in [6.07, 6.45) is 0.505. The first-order valence-corrected chi connectivity index (χ1v) is 15.2. The molecule has 0 aliphatic carbocycles. The van der Waals surface area contributed by atoms with Crippen molar-refractivity contribution in [3.05, 3.63) is 94.5 Å². The minimum atomic E-state index is -1.03. The fraction of sp³-hybridized carbons (Fsp3) is 0.294. The number of carboxylic acid groups (broad SMARTS) is 1. The Morgan fingerprint density at radius 2 is 1.65 bits per heavy atom. The monoisotopic (exact) mass is 626 g/mol. The van der Waals surface area contributed by atoms with Crippen LogP contribution in [0.1, 0.15) is 44.3 Å². The maximum Gasteiger partial charge on any atom is 0.336 e. The summed E-state index contributed by atoms with van der Waals surface area (Å²) in [6.45, 7) is 6.50. The summed E-state index contributed by atoms with van der Waals surface area (Å²) in [4.78, 5) is 53.7. The van der Waals surface area contributed by atoms with Crippen molar-refractivity contribution < 1.29 is 29.4 Å². The van der Waals surface area contributed by atoms with Gasteiger partial charge in [-0.15, -0.1) is 0 Å². The number of aromatic nitrogens is 1. The van der Waals surface area contributed by atoms with Crippen LogP contribution in [-0.4, -0.2) is 101 Å². The van der Waals surface area contributed by atoms with Crippen LogP contribution in [0, 0.1) is 0 Å². The molecular formula is C34H38N6O6. The van der Waals surface area contributed by atoms with Gasteiger partial charge >= 0.3 is 5.97 Å². The zero-order chi connectivity index (χ0) is 32.6. The number of amides is 2. The molecule has 0 bridgehead atoms. The second-order valence-corrected chi connectivity index (χ2v) is 11.0. The maximum atomic E-state index is 12.7. The fourth-order valence-corrected chi connectivity index (χ4v) is 5.48. The van der Waals surface area contributed by atoms with Gasteiger partial charge in [-0.25, -0.2) is 15.3 Å². The van der Waals surface area contributed by atoms with E-state index in [0.717, 1.165) is 31.7 Å². The van der Waals surface area contributed by atoms with Crippen LogP contribution < -0.4 is 10.8 Å². The number of piperazine rings is 1. The lowest BCUT2D eigenvalue weighted by atomic mass is 9.97. The first-order chi connectivity index (χ1) is 22.3. The van der Waals surface area contributed by atoms with Crippen molar-refractivity contribution in [3.8, 4) is 5.88 Å². The van der Waals surface area contributed by atoms with Gasteiger partial charge in [0.1, 0.15) is 0 Å². The molecule has 1 aliphatic heterocycles. The SMILES string of the molecule is CCc1cc2c(C(=Nc3ccc(C(=O)NOCCN4CCN(CC(=O)NC)CC4)cc3)c3ccccc3)c(O)[nH]c2cc1C(=O)O. The molecule has 240 valence electrons. The number of aromatic amines is 1. The number of hydrogen-bond acceptors (Lipinski definition) is 8. The molecule has 0 saturated carbocycles. The largest absolute Gasteiger partial charge is 0.494 e. The highest BCUT2D eigenvalue weighted by molar-refractivity contribution is 6.22. The van der Waals surface area contributed by atoms with Crippen LogP contribution in [0.15, 0.2) is 71.7 Å². The average molecular weight is 627 g/mol. The number of fused-ring (bicyclic) bond motifs is 1. The van der Waals surface area contributed by atoms with E-state index in [-0.39, 0.29) is 23.3 Å². The molecule has 2 amide bonds. The number of aromatic hydroxyl groups is 1. The molecule has 2 heterocycles. The summed E-state index contributed by atoms with van der Waals surface area (Å²) in [5.74, 6) is -1.53. The van der Waals surface area contributed by atoms with Gasteiger partial charge in [0.05, 0.1) is 35.7 Å². The van der Waals surface area contributed by atoms with Crippen molar-refractivity contribution in [2.75, 3.05) is 52.9 Å². The molecule has 1 aromatic heterocycles. The minimum Gasteiger partial charge on any atom is -0.494 e. The first kappa shape index (κ1) is 32.4. The topological polar surface area (TPSA) is 160 Å². The average Bonchev–Trinajstić information content (AvgIpc) is 3.40. The van der Waals surface area contributed by atoms with Crippen molar-refractivity contribution in [1.82, 2.24) is 25.6 Å². The number of H-pyrrole nitrogens is 1. The van der Waals surface area contributed by atoms with E-state index in [9.17, 15) is 24.6 Å². The van der Waals surface area contributed by atoms with Gasteiger partial charge in [-0.3, -0.25) is 24.2 Å². The van der Waals surface area contributed by atoms with Gasteiger partial charge in [0.15, 0.2) is 5.88 Å². The number of rotatable bonds is 12. The highest BCUT2D eigenvalue weighted by atomic mass is 16.7. The Balaban J connectivity index is 1.27. The van der Waals surface area contributed by atoms with Gasteiger partial charge in [0.25, 0.3) is 5.91 Å². The van der Waals surface area contributed by atoms with Crippen molar-refractivity contribution in [2.24, 2.45) is 4.99 Å². The summed E-state index contributed by atoms with van der Waals surface area (Å²) in [7, 11) is 1.64. The standard InChI is InChI=1S/C34H38N6O6/c1-3-22-19-27-28(20-26(22)34(44)45)37-33(43)30(27)31(23-7-5-4-6-8-23)36-25-11-9-24(10-12-25)32(42)38-46-18-17-39-13-15-40(16-14-39)21-29(41)35-2/h4-12,19-20,37,43H,3,13-18,21H2,1-2H3,(H,35,41)(H,38,42)(H,44,45). The molecule has 3 aromatic carbocycles. The molecule has 0 unspecified atom stereocenters. The third-order valence-corrected chi connectivity index (χ3v) is 8.05. The normalized spacial score (nSPS) is 14.3. The molecular weight excluding hydrogens is 588 g/mol. The fourth-order valence-electron chi connectivity index (χ4n) is 5.48. The number of aromatic carboxylic acids is 1. The molecule has 1 aliphatic rings. The van der Waals surface area contributed by atoms with Crippen LogP contribution in [0.4, 0.5) is 5.69 Å². The third-order valence-electron chi connectivity index (χ3n) is 8.05. The van der Waals surface area contributed by atoms with Gasteiger partial charge in [-0.2, -0.15) is 0 Å². The summed E-state index contributed by atoms with van der Waals surface area (Å²) in [6, 6.07) is 19.4. The van der Waals surface area contributed by atoms with Crippen molar-refractivity contribution >= 4 is 40.1 Å². The highest BCUT2D eigenvalue weighted by Crippen LogP contribution is 2.33. The van der Waals surface area contributed by atoms with Crippen molar-refractivity contribution in [2.45, 2.75) is 13.3 Å². The van der Waals surface area contributed by atoms with Gasteiger partial charge in [0, 0.05) is 61.8 Å². The molecule has 5 rings (SSSR count). The molecule has 5 N–H and O–H groups in total. The molecule has 12 nitrogen and oxygen atoms in total. The van der Waals surface area contributed by atoms with Gasteiger partial charge in [-0.05, 0) is 48.4 Å². The number of hydroxylamine groups is 1. The van der Waals surface area contributed by atoms with Crippen molar-refractivity contribution in [3.63, 3.8) is 0 Å². The molecule has 1 saturated heterocycles. The molecule has 4 aromatic rings. The Bertz CT molecular complexity index is 1730. The second-order valence-electron chi connectivity index (χ2n) is 11.0. The zero-order valence-corrected chi connectivity index (χ0v) is 25.9. The van der Waals surface area contributed by atoms with Crippen molar-refractivity contribution in [1.29, 1.82) is 0 Å². The number of carboxylic acids is 1. The number of carbonyl (C=O) groups excluding carboxylic acids is 2. The van der Waals surface area contributed by atoms with E-state index in [0.29, 0.717) is 65.1 Å². The number of nitrogens with zero attached hydrogens (tertiary/aromatic N) is 3. The summed E-state index contributed by atoms with van der Waals surface area (Å²) in [5, 5.41) is 24.0. The Labute approximate surface area is 266 Å².